The Morgan fingerprint density at radius 1 is 1.06 bits per heavy atom. The standard InChI is InChI=1S/C23H30N4O4/c1-29-21-8-4-5-9-22(21)31-17-18(28)16-27-20-7-3-2-6-19(20)26(23(27)24)11-10-25-12-14-30-15-13-25/h2-9,18,24,28H,10-17H2,1H3/p+1/t18-/m1/s1. The van der Waals surface area contributed by atoms with E-state index in [1.165, 1.54) is 0 Å². The van der Waals surface area contributed by atoms with Crippen molar-refractivity contribution in [3.8, 4) is 11.5 Å². The van der Waals surface area contributed by atoms with Crippen LogP contribution in [0, 0.1) is 0 Å². The second-order valence-corrected chi connectivity index (χ2v) is 7.68. The summed E-state index contributed by atoms with van der Waals surface area (Å²) in [5.41, 5.74) is 8.60. The number of para-hydroxylation sites is 4. The SMILES string of the molecule is COc1ccccc1OC[C@H](O)C[n+]1c(N)n(CCN2CCOCC2)c2ccccc21. The van der Waals surface area contributed by atoms with Crippen molar-refractivity contribution in [1.82, 2.24) is 9.47 Å². The monoisotopic (exact) mass is 427 g/mol. The summed E-state index contributed by atoms with van der Waals surface area (Å²) in [5, 5.41) is 10.7. The number of aromatic nitrogens is 2. The Bertz CT molecular complexity index is 1000. The molecule has 31 heavy (non-hydrogen) atoms. The molecular formula is C23H31N4O4+. The molecule has 0 radical (unpaired) electrons. The Morgan fingerprint density at radius 3 is 2.55 bits per heavy atom. The lowest BCUT2D eigenvalue weighted by Gasteiger charge is -2.26. The number of ether oxygens (including phenoxy) is 3. The van der Waals surface area contributed by atoms with Crippen LogP contribution in [0.3, 0.4) is 0 Å². The van der Waals surface area contributed by atoms with E-state index in [1.54, 1.807) is 7.11 Å². The summed E-state index contributed by atoms with van der Waals surface area (Å²) in [6, 6.07) is 15.5. The molecule has 0 spiro atoms. The zero-order valence-corrected chi connectivity index (χ0v) is 17.9. The molecule has 8 heteroatoms. The average Bonchev–Trinajstić information content (AvgIpc) is 3.08. The molecule has 4 rings (SSSR count). The van der Waals surface area contributed by atoms with Gasteiger partial charge in [0.25, 0.3) is 0 Å². The highest BCUT2D eigenvalue weighted by Crippen LogP contribution is 2.26. The van der Waals surface area contributed by atoms with Gasteiger partial charge in [0.15, 0.2) is 11.5 Å². The van der Waals surface area contributed by atoms with Crippen molar-refractivity contribution in [2.24, 2.45) is 0 Å². The molecule has 3 aromatic rings. The van der Waals surface area contributed by atoms with Crippen molar-refractivity contribution in [3.63, 3.8) is 0 Å². The number of nitrogens with two attached hydrogens (primary N) is 1. The number of rotatable bonds is 9. The molecule has 1 fully saturated rings. The van der Waals surface area contributed by atoms with Crippen LogP contribution in [-0.2, 0) is 17.8 Å². The third-order valence-corrected chi connectivity index (χ3v) is 5.65. The van der Waals surface area contributed by atoms with Gasteiger partial charge in [-0.1, -0.05) is 24.3 Å². The largest absolute Gasteiger partial charge is 0.493 e. The molecule has 2 heterocycles. The maximum absolute atomic E-state index is 10.7. The van der Waals surface area contributed by atoms with Crippen LogP contribution >= 0.6 is 0 Å². The van der Waals surface area contributed by atoms with Crippen LogP contribution in [-0.4, -0.2) is 67.2 Å². The van der Waals surface area contributed by atoms with Gasteiger partial charge >= 0.3 is 5.95 Å². The van der Waals surface area contributed by atoms with Crippen molar-refractivity contribution in [3.05, 3.63) is 48.5 Å². The molecule has 166 valence electrons. The maximum atomic E-state index is 10.7. The molecule has 2 aromatic carbocycles. The number of aliphatic hydroxyl groups is 1. The van der Waals surface area contributed by atoms with Gasteiger partial charge in [0.1, 0.15) is 30.3 Å². The van der Waals surface area contributed by atoms with Gasteiger partial charge < -0.3 is 19.3 Å². The van der Waals surface area contributed by atoms with Crippen LogP contribution in [0.15, 0.2) is 48.5 Å². The molecule has 0 unspecified atom stereocenters. The highest BCUT2D eigenvalue weighted by atomic mass is 16.5. The van der Waals surface area contributed by atoms with Gasteiger partial charge in [0.2, 0.25) is 0 Å². The van der Waals surface area contributed by atoms with Gasteiger partial charge in [-0.25, -0.2) is 9.13 Å². The normalized spacial score (nSPS) is 15.8. The minimum atomic E-state index is -0.726. The molecule has 0 amide bonds. The molecule has 0 bridgehead atoms. The number of nitrogens with zero attached hydrogens (tertiary/aromatic N) is 3. The minimum absolute atomic E-state index is 0.139. The number of anilines is 1. The topological polar surface area (TPSA) is 86.0 Å². The summed E-state index contributed by atoms with van der Waals surface area (Å²) in [6.45, 7) is 5.61. The number of morpholine rings is 1. The number of imidazole rings is 1. The molecule has 1 atom stereocenters. The predicted octanol–water partition coefficient (Wildman–Crippen LogP) is 1.29. The fourth-order valence-corrected chi connectivity index (χ4v) is 3.99. The Labute approximate surface area is 182 Å². The predicted molar refractivity (Wildman–Crippen MR) is 118 cm³/mol. The third-order valence-electron chi connectivity index (χ3n) is 5.65. The smallest absolute Gasteiger partial charge is 0.356 e. The van der Waals surface area contributed by atoms with Crippen LogP contribution in [0.4, 0.5) is 5.95 Å². The first kappa shape index (κ1) is 21.4. The maximum Gasteiger partial charge on any atom is 0.356 e. The minimum Gasteiger partial charge on any atom is -0.493 e. The number of hydrogen-bond donors (Lipinski definition) is 2. The first-order valence-electron chi connectivity index (χ1n) is 10.7. The van der Waals surface area contributed by atoms with Gasteiger partial charge in [0.05, 0.1) is 26.9 Å². The number of methoxy groups -OCH3 is 1. The van der Waals surface area contributed by atoms with Crippen molar-refractivity contribution in [2.75, 3.05) is 52.3 Å². The molecule has 3 N–H and O–H groups in total. The van der Waals surface area contributed by atoms with E-state index in [4.69, 9.17) is 19.9 Å². The quantitative estimate of drug-likeness (QED) is 0.501. The Balaban J connectivity index is 1.47. The van der Waals surface area contributed by atoms with Gasteiger partial charge in [-0.05, 0) is 24.3 Å². The van der Waals surface area contributed by atoms with E-state index in [2.05, 4.69) is 15.5 Å². The van der Waals surface area contributed by atoms with E-state index < -0.39 is 6.10 Å². The highest BCUT2D eigenvalue weighted by Gasteiger charge is 2.24. The summed E-state index contributed by atoms with van der Waals surface area (Å²) < 4.78 is 20.6. The molecule has 1 aliphatic heterocycles. The Morgan fingerprint density at radius 2 is 1.77 bits per heavy atom. The van der Waals surface area contributed by atoms with E-state index in [1.807, 2.05) is 47.0 Å². The van der Waals surface area contributed by atoms with Gasteiger partial charge in [-0.15, -0.1) is 0 Å². The first-order valence-corrected chi connectivity index (χ1v) is 10.7. The lowest BCUT2D eigenvalue weighted by atomic mass is 10.3. The number of nitrogen functional groups attached to an aromatic ring is 1. The second kappa shape index (κ2) is 10.00. The van der Waals surface area contributed by atoms with Crippen LogP contribution in [0.1, 0.15) is 0 Å². The van der Waals surface area contributed by atoms with E-state index >= 15 is 0 Å². The Hall–Kier alpha value is -2.81. The fourth-order valence-electron chi connectivity index (χ4n) is 3.99. The molecule has 0 saturated carbocycles. The zero-order valence-electron chi connectivity index (χ0n) is 17.9. The third kappa shape index (κ3) is 4.92. The lowest BCUT2D eigenvalue weighted by Crippen LogP contribution is -2.44. The van der Waals surface area contributed by atoms with Crippen LogP contribution in [0.25, 0.3) is 11.0 Å². The lowest BCUT2D eigenvalue weighted by molar-refractivity contribution is -0.665. The molecule has 1 saturated heterocycles. The van der Waals surface area contributed by atoms with Gasteiger partial charge in [-0.3, -0.25) is 10.6 Å². The van der Waals surface area contributed by atoms with E-state index in [0.717, 1.165) is 50.4 Å². The number of aliphatic hydroxyl groups excluding tert-OH is 1. The molecule has 1 aromatic heterocycles. The molecule has 8 nitrogen and oxygen atoms in total. The van der Waals surface area contributed by atoms with Gasteiger partial charge in [0, 0.05) is 19.6 Å². The summed E-state index contributed by atoms with van der Waals surface area (Å²) in [5.74, 6) is 1.88. The van der Waals surface area contributed by atoms with Crippen molar-refractivity contribution in [1.29, 1.82) is 0 Å². The molecular weight excluding hydrogens is 396 g/mol. The molecule has 0 aliphatic carbocycles. The van der Waals surface area contributed by atoms with Crippen LogP contribution in [0.5, 0.6) is 11.5 Å². The zero-order chi connectivity index (χ0) is 21.6. The van der Waals surface area contributed by atoms with Crippen LogP contribution < -0.4 is 19.8 Å². The van der Waals surface area contributed by atoms with E-state index in [-0.39, 0.29) is 6.61 Å². The van der Waals surface area contributed by atoms with Crippen LogP contribution in [0.2, 0.25) is 0 Å². The molecule has 1 aliphatic rings. The van der Waals surface area contributed by atoms with E-state index in [0.29, 0.717) is 24.0 Å². The first-order chi connectivity index (χ1) is 15.2. The Kier molecular flexibility index (Phi) is 6.91. The number of fused-ring (bicyclic) bond motifs is 1. The number of benzene rings is 2. The second-order valence-electron chi connectivity index (χ2n) is 7.68. The average molecular weight is 428 g/mol. The van der Waals surface area contributed by atoms with Crippen molar-refractivity contribution in [2.45, 2.75) is 19.2 Å². The van der Waals surface area contributed by atoms with Gasteiger partial charge in [-0.2, -0.15) is 0 Å². The summed E-state index contributed by atoms with van der Waals surface area (Å²) >= 11 is 0. The highest BCUT2D eigenvalue weighted by molar-refractivity contribution is 5.73. The van der Waals surface area contributed by atoms with E-state index in [9.17, 15) is 5.11 Å². The fraction of sp³-hybridized carbons (Fsp3) is 0.435. The van der Waals surface area contributed by atoms with Crippen molar-refractivity contribution >= 4 is 17.0 Å². The summed E-state index contributed by atoms with van der Waals surface area (Å²) in [4.78, 5) is 2.39. The number of hydrogen-bond acceptors (Lipinski definition) is 6. The van der Waals surface area contributed by atoms with Crippen molar-refractivity contribution < 1.29 is 23.9 Å². The summed E-state index contributed by atoms with van der Waals surface area (Å²) in [6.07, 6.45) is -0.726. The summed E-state index contributed by atoms with van der Waals surface area (Å²) in [7, 11) is 1.60.